The second-order valence-corrected chi connectivity index (χ2v) is 9.67. The van der Waals surface area contributed by atoms with Crippen LogP contribution in [0, 0.1) is 0 Å². The van der Waals surface area contributed by atoms with Crippen molar-refractivity contribution in [3.8, 4) is 11.5 Å². The number of nitrogens with one attached hydrogen (secondary N) is 2. The van der Waals surface area contributed by atoms with E-state index in [0.29, 0.717) is 22.2 Å². The summed E-state index contributed by atoms with van der Waals surface area (Å²) in [4.78, 5) is 26.5. The number of carboxylic acid groups (broad SMARTS) is 1. The molecule has 0 saturated carbocycles. The molecule has 4 rings (SSSR count). The van der Waals surface area contributed by atoms with Crippen LogP contribution in [0.1, 0.15) is 65.1 Å². The highest BCUT2D eigenvalue weighted by molar-refractivity contribution is 5.94. The number of rotatable bonds is 12. The first kappa shape index (κ1) is 29.5. The number of ether oxygens (including phenoxy) is 2. The number of halogens is 3. The number of hydrogen-bond donors (Lipinski definition) is 3. The number of hydrogen-bond acceptors (Lipinski definition) is 4. The molecular formula is C31H31F3N2O5. The van der Waals surface area contributed by atoms with E-state index in [9.17, 15) is 22.8 Å². The van der Waals surface area contributed by atoms with Crippen LogP contribution in [0.3, 0.4) is 0 Å². The number of H-pyrrole nitrogens is 1. The van der Waals surface area contributed by atoms with Crippen molar-refractivity contribution >= 4 is 22.8 Å². The molecule has 1 aromatic heterocycles. The number of methoxy groups -OCH3 is 1. The van der Waals surface area contributed by atoms with E-state index in [1.165, 1.54) is 12.1 Å². The van der Waals surface area contributed by atoms with Crippen LogP contribution < -0.4 is 14.8 Å². The van der Waals surface area contributed by atoms with Gasteiger partial charge < -0.3 is 24.9 Å². The van der Waals surface area contributed by atoms with Crippen LogP contribution in [0.15, 0.2) is 72.9 Å². The average molecular weight is 569 g/mol. The molecule has 216 valence electrons. The van der Waals surface area contributed by atoms with Gasteiger partial charge in [0.2, 0.25) is 0 Å². The molecule has 1 amide bonds. The maximum absolute atomic E-state index is 13.0. The molecule has 0 aliphatic heterocycles. The Balaban J connectivity index is 1.76. The third-order valence-electron chi connectivity index (χ3n) is 6.96. The van der Waals surface area contributed by atoms with Gasteiger partial charge in [0.05, 0.1) is 13.5 Å². The Morgan fingerprint density at radius 1 is 0.976 bits per heavy atom. The van der Waals surface area contributed by atoms with E-state index in [4.69, 9.17) is 9.84 Å². The summed E-state index contributed by atoms with van der Waals surface area (Å²) in [6.45, 7) is 2.08. The van der Waals surface area contributed by atoms with E-state index in [1.54, 1.807) is 25.3 Å². The molecule has 0 fully saturated rings. The van der Waals surface area contributed by atoms with Crippen molar-refractivity contribution in [2.45, 2.75) is 44.4 Å². The summed E-state index contributed by atoms with van der Waals surface area (Å²) in [5.74, 6) is -1.34. The molecule has 2 atom stereocenters. The van der Waals surface area contributed by atoms with Gasteiger partial charge in [0, 0.05) is 35.1 Å². The second kappa shape index (κ2) is 12.8. The van der Waals surface area contributed by atoms with Crippen molar-refractivity contribution in [1.29, 1.82) is 0 Å². The van der Waals surface area contributed by atoms with E-state index in [0.717, 1.165) is 29.5 Å². The Labute approximate surface area is 235 Å². The first-order chi connectivity index (χ1) is 19.6. The van der Waals surface area contributed by atoms with Gasteiger partial charge in [-0.05, 0) is 71.5 Å². The summed E-state index contributed by atoms with van der Waals surface area (Å²) in [6, 6.07) is 19.0. The minimum atomic E-state index is -4.81. The second-order valence-electron chi connectivity index (χ2n) is 9.67. The van der Waals surface area contributed by atoms with Crippen LogP contribution in [-0.4, -0.2) is 42.0 Å². The van der Waals surface area contributed by atoms with Gasteiger partial charge in [0.15, 0.2) is 0 Å². The van der Waals surface area contributed by atoms with Crippen LogP contribution in [-0.2, 0) is 4.79 Å². The summed E-state index contributed by atoms with van der Waals surface area (Å²) in [5, 5.41) is 12.0. The third kappa shape index (κ3) is 7.39. The Hall–Kier alpha value is -4.47. The van der Waals surface area contributed by atoms with Gasteiger partial charge in [0.1, 0.15) is 11.5 Å². The van der Waals surface area contributed by atoms with Gasteiger partial charge in [-0.1, -0.05) is 37.6 Å². The van der Waals surface area contributed by atoms with Crippen LogP contribution in [0.4, 0.5) is 13.2 Å². The fourth-order valence-corrected chi connectivity index (χ4v) is 5.12. The van der Waals surface area contributed by atoms with Gasteiger partial charge in [-0.2, -0.15) is 0 Å². The maximum Gasteiger partial charge on any atom is 0.573 e. The van der Waals surface area contributed by atoms with E-state index in [2.05, 4.69) is 22.0 Å². The molecule has 0 aliphatic carbocycles. The van der Waals surface area contributed by atoms with Gasteiger partial charge in [-0.15, -0.1) is 13.2 Å². The lowest BCUT2D eigenvalue weighted by molar-refractivity contribution is -0.274. The smallest absolute Gasteiger partial charge is 0.497 e. The summed E-state index contributed by atoms with van der Waals surface area (Å²) < 4.78 is 48.6. The van der Waals surface area contributed by atoms with Gasteiger partial charge in [-0.25, -0.2) is 0 Å². The third-order valence-corrected chi connectivity index (χ3v) is 6.96. The van der Waals surface area contributed by atoms with Crippen molar-refractivity contribution in [1.82, 2.24) is 10.3 Å². The highest BCUT2D eigenvalue weighted by atomic mass is 19.4. The molecular weight excluding hydrogens is 537 g/mol. The van der Waals surface area contributed by atoms with E-state index >= 15 is 0 Å². The minimum Gasteiger partial charge on any atom is -0.497 e. The number of alkyl halides is 3. The first-order valence-corrected chi connectivity index (χ1v) is 13.2. The molecule has 2 unspecified atom stereocenters. The monoisotopic (exact) mass is 568 g/mol. The van der Waals surface area contributed by atoms with E-state index < -0.39 is 12.3 Å². The molecule has 4 aromatic rings. The lowest BCUT2D eigenvalue weighted by atomic mass is 9.75. The number of aliphatic carboxylic acids is 1. The Bertz CT molecular complexity index is 1480. The molecule has 7 nitrogen and oxygen atoms in total. The molecule has 0 radical (unpaired) electrons. The Morgan fingerprint density at radius 3 is 2.24 bits per heavy atom. The number of carbonyl (C=O) groups excluding carboxylic acids is 1. The molecule has 1 heterocycles. The maximum atomic E-state index is 13.0. The summed E-state index contributed by atoms with van der Waals surface area (Å²) in [5.41, 5.74) is 3.79. The topological polar surface area (TPSA) is 101 Å². The van der Waals surface area contributed by atoms with Gasteiger partial charge >= 0.3 is 12.3 Å². The van der Waals surface area contributed by atoms with Gasteiger partial charge in [-0.3, -0.25) is 9.59 Å². The lowest BCUT2D eigenvalue weighted by Gasteiger charge is -2.28. The minimum absolute atomic E-state index is 0.0223. The standard InChI is InChI=1S/C31H31F3N2O5/c1-3-4-24(19-5-7-21(8-6-19)30(39)35-16-15-28(37)38)29(20-9-11-22(40-2)12-10-20)26-18-36-27-14-13-23(17-25(26)27)41-31(32,33)34/h5-14,17-18,24,29,36H,3-4,15-16H2,1-2H3,(H,35,39)(H,37,38). The largest absolute Gasteiger partial charge is 0.573 e. The van der Waals surface area contributed by atoms with Crippen LogP contribution >= 0.6 is 0 Å². The quantitative estimate of drug-likeness (QED) is 0.171. The SMILES string of the molecule is CCCC(c1ccc(C(=O)NCCC(=O)O)cc1)C(c1ccc(OC)cc1)c1c[nH]c2ccc(OC(F)(F)F)cc12. The normalized spacial score (nSPS) is 13.0. The summed E-state index contributed by atoms with van der Waals surface area (Å²) in [6.07, 6.45) is -1.58. The summed E-state index contributed by atoms with van der Waals surface area (Å²) in [7, 11) is 1.58. The predicted octanol–water partition coefficient (Wildman–Crippen LogP) is 7.00. The summed E-state index contributed by atoms with van der Waals surface area (Å²) >= 11 is 0. The predicted molar refractivity (Wildman–Crippen MR) is 148 cm³/mol. The lowest BCUT2D eigenvalue weighted by Crippen LogP contribution is -2.26. The number of fused-ring (bicyclic) bond motifs is 1. The highest BCUT2D eigenvalue weighted by Gasteiger charge is 2.32. The number of benzene rings is 3. The Kier molecular flexibility index (Phi) is 9.21. The van der Waals surface area contributed by atoms with Crippen molar-refractivity contribution in [3.63, 3.8) is 0 Å². The van der Waals surface area contributed by atoms with Crippen molar-refractivity contribution in [3.05, 3.63) is 95.2 Å². The number of amides is 1. The van der Waals surface area contributed by atoms with Crippen LogP contribution in [0.2, 0.25) is 0 Å². The molecule has 3 aromatic carbocycles. The molecule has 10 heteroatoms. The van der Waals surface area contributed by atoms with E-state index in [-0.39, 0.29) is 36.5 Å². The zero-order valence-corrected chi connectivity index (χ0v) is 22.6. The molecule has 3 N–H and O–H groups in total. The zero-order valence-electron chi connectivity index (χ0n) is 22.6. The number of carboxylic acids is 1. The zero-order chi connectivity index (χ0) is 29.6. The number of aromatic amines is 1. The van der Waals surface area contributed by atoms with Crippen molar-refractivity contribution in [2.24, 2.45) is 0 Å². The number of carbonyl (C=O) groups is 2. The average Bonchev–Trinajstić information content (AvgIpc) is 3.35. The molecule has 0 saturated heterocycles. The molecule has 41 heavy (non-hydrogen) atoms. The van der Waals surface area contributed by atoms with E-state index in [1.807, 2.05) is 42.6 Å². The number of aromatic nitrogens is 1. The van der Waals surface area contributed by atoms with Crippen molar-refractivity contribution < 1.29 is 37.3 Å². The van der Waals surface area contributed by atoms with Crippen LogP contribution in [0.5, 0.6) is 11.5 Å². The van der Waals surface area contributed by atoms with Crippen LogP contribution in [0.25, 0.3) is 10.9 Å². The fourth-order valence-electron chi connectivity index (χ4n) is 5.12. The Morgan fingerprint density at radius 2 is 1.63 bits per heavy atom. The molecule has 0 spiro atoms. The fraction of sp³-hybridized carbons (Fsp3) is 0.290. The molecule has 0 bridgehead atoms. The highest BCUT2D eigenvalue weighted by Crippen LogP contribution is 2.45. The first-order valence-electron chi connectivity index (χ1n) is 13.2. The van der Waals surface area contributed by atoms with Crippen molar-refractivity contribution in [2.75, 3.05) is 13.7 Å². The van der Waals surface area contributed by atoms with Gasteiger partial charge in [0.25, 0.3) is 5.91 Å². The molecule has 0 aliphatic rings.